The second-order valence-electron chi connectivity index (χ2n) is 36.1. The number of benzene rings is 19. The monoisotopic (exact) mass is 1910 g/mol. The summed E-state index contributed by atoms with van der Waals surface area (Å²) in [5.74, 6) is 2.45. The van der Waals surface area contributed by atoms with Gasteiger partial charge < -0.3 is 0 Å². The molecule has 0 bridgehead atoms. The van der Waals surface area contributed by atoms with Gasteiger partial charge >= 0.3 is 0 Å². The Hall–Kier alpha value is -20.4. The van der Waals surface area contributed by atoms with Crippen molar-refractivity contribution in [2.24, 2.45) is 0 Å². The minimum Gasteiger partial charge on any atom is -0.245 e. The average Bonchev–Trinajstić information content (AvgIpc) is 0.759. The van der Waals surface area contributed by atoms with E-state index in [-0.39, 0.29) is 5.82 Å². The molecule has 8 heterocycles. The average molecular weight is 1910 g/mol. The van der Waals surface area contributed by atoms with Gasteiger partial charge in [-0.15, -0.1) is 0 Å². The van der Waals surface area contributed by atoms with Gasteiger partial charge in [-0.05, 0) is 137 Å². The van der Waals surface area contributed by atoms with Gasteiger partial charge in [-0.25, -0.2) is 64.2 Å². The van der Waals surface area contributed by atoms with E-state index in [0.29, 0.717) is 28.9 Å². The topological polar surface area (TPSA) is 178 Å². The van der Waals surface area contributed by atoms with Crippen molar-refractivity contribution in [2.45, 2.75) is 0 Å². The van der Waals surface area contributed by atoms with Crippen molar-refractivity contribution in [1.29, 1.82) is 5.26 Å². The minimum absolute atomic E-state index is 0.266. The van der Waals surface area contributed by atoms with Crippen LogP contribution in [0.15, 0.2) is 522 Å². The van der Waals surface area contributed by atoms with Crippen molar-refractivity contribution < 1.29 is 4.39 Å². The fraction of sp³-hybridized carbons (Fsp3) is 0. The van der Waals surface area contributed by atoms with Gasteiger partial charge in [-0.3, -0.25) is 0 Å². The first-order chi connectivity index (χ1) is 73.7. The Morgan fingerprint density at radius 2 is 0.342 bits per heavy atom. The predicted molar refractivity (Wildman–Crippen MR) is 606 cm³/mol. The molecule has 698 valence electrons. The lowest BCUT2D eigenvalue weighted by Crippen LogP contribution is -1.97. The predicted octanol–water partition coefficient (Wildman–Crippen LogP) is 33.7. The van der Waals surface area contributed by atoms with Crippen molar-refractivity contribution in [3.05, 3.63) is 533 Å². The molecule has 0 N–H and O–H groups in total. The maximum absolute atomic E-state index is 13.4. The lowest BCUT2D eigenvalue weighted by atomic mass is 9.94. The van der Waals surface area contributed by atoms with Gasteiger partial charge in [-0.1, -0.05) is 419 Å². The largest absolute Gasteiger partial charge is 0.245 e. The molecule has 0 radical (unpaired) electrons. The van der Waals surface area contributed by atoms with Gasteiger partial charge in [0.2, 0.25) is 0 Å². The number of aromatic nitrogens is 12. The molecule has 0 saturated heterocycles. The summed E-state index contributed by atoms with van der Waals surface area (Å²) < 4.78 is 13.4. The Kier molecular flexibility index (Phi) is 25.2. The lowest BCUT2D eigenvalue weighted by molar-refractivity contribution is 0.628. The number of hydrogen-bond donors (Lipinski definition) is 0. The van der Waals surface area contributed by atoms with Crippen LogP contribution in [0, 0.1) is 17.1 Å². The summed E-state index contributed by atoms with van der Waals surface area (Å²) in [6.45, 7) is 0. The van der Waals surface area contributed by atoms with E-state index in [0.717, 1.165) is 211 Å². The van der Waals surface area contributed by atoms with E-state index in [2.05, 4.69) is 273 Å². The zero-order valence-electron chi connectivity index (χ0n) is 80.3. The zero-order chi connectivity index (χ0) is 99.7. The first kappa shape index (κ1) is 91.1. The molecule has 149 heavy (non-hydrogen) atoms. The molecular formula is C135H86FN13. The Morgan fingerprint density at radius 3 is 0.597 bits per heavy atom. The molecule has 8 aromatic heterocycles. The molecular weight excluding hydrogens is 1820 g/mol. The maximum atomic E-state index is 13.4. The van der Waals surface area contributed by atoms with Crippen molar-refractivity contribution >= 4 is 87.2 Å². The highest BCUT2D eigenvalue weighted by Crippen LogP contribution is 2.43. The number of nitriles is 1. The number of halogens is 1. The third-order valence-corrected chi connectivity index (χ3v) is 26.6. The van der Waals surface area contributed by atoms with E-state index in [1.807, 2.05) is 231 Å². The molecule has 19 aromatic carbocycles. The summed E-state index contributed by atoms with van der Waals surface area (Å²) in [6, 6.07) is 177. The maximum Gasteiger partial charge on any atom is 0.160 e. The number of pyridine rings is 4. The Morgan fingerprint density at radius 1 is 0.148 bits per heavy atom. The Balaban J connectivity index is 0.000000107. The number of nitrogens with zero attached hydrogens (tertiary/aromatic N) is 13. The molecule has 14 heteroatoms. The third kappa shape index (κ3) is 19.2. The molecule has 0 amide bonds. The molecule has 0 fully saturated rings. The van der Waals surface area contributed by atoms with Crippen LogP contribution in [0.5, 0.6) is 0 Å². The van der Waals surface area contributed by atoms with Crippen molar-refractivity contribution in [3.63, 3.8) is 0 Å². The summed E-state index contributed by atoms with van der Waals surface area (Å²) in [7, 11) is 0. The van der Waals surface area contributed by atoms with E-state index in [4.69, 9.17) is 65.1 Å². The van der Waals surface area contributed by atoms with Gasteiger partial charge in [0.25, 0.3) is 0 Å². The standard InChI is InChI=1S/C41H27N3.C35H23N3.C30H18N4.C29H18FN3/c1-5-13-28(14-6-1)33-25-34(29-15-7-2-8-16-29)27-35(26-33)37-24-22-31-21-23-36-38(30-17-9-3-10-18-30)43-41(32-19-11-4-12-20-32)44-40(36)39(31)42-37;1-4-10-24(11-5-1)25-16-18-26(19-17-25)31-23-21-28-20-22-30-32(27-12-6-2-7-13-27)37-35(29-14-8-3-9-15-29)38-34(30)33(28)36-31;31-19-20-11-13-21(14-12-20)26-18-16-23-15-17-25-27(22-7-3-1-4-8-22)33-30(24-9-5-2-6-10-24)34-29(25)28(23)32-26;30-23-15-11-19(12-16-23)25-18-14-21-13-17-24-26(20-7-3-1-4-8-20)32-29(22-9-5-2-6-10-22)33-28(24)27(21)31-25/h1-27H;1-23H;1-18H;1-18H. The van der Waals surface area contributed by atoms with Crippen molar-refractivity contribution in [3.8, 4) is 175 Å². The first-order valence-corrected chi connectivity index (χ1v) is 49.3. The highest BCUT2D eigenvalue weighted by Gasteiger charge is 2.23. The van der Waals surface area contributed by atoms with Crippen LogP contribution in [0.1, 0.15) is 5.56 Å². The summed E-state index contributed by atoms with van der Waals surface area (Å²) in [4.78, 5) is 60.7. The van der Waals surface area contributed by atoms with E-state index in [1.54, 1.807) is 12.1 Å². The van der Waals surface area contributed by atoms with Gasteiger partial charge in [0.05, 0.1) is 79.3 Å². The summed E-state index contributed by atoms with van der Waals surface area (Å²) in [5, 5.41) is 17.1. The highest BCUT2D eigenvalue weighted by molar-refractivity contribution is 6.13. The molecule has 0 spiro atoms. The Labute approximate surface area is 858 Å². The highest BCUT2D eigenvalue weighted by atomic mass is 19.1. The minimum atomic E-state index is -0.266. The summed E-state index contributed by atoms with van der Waals surface area (Å²) in [6.07, 6.45) is 0. The van der Waals surface area contributed by atoms with Gasteiger partial charge in [0, 0.05) is 110 Å². The van der Waals surface area contributed by atoms with Crippen LogP contribution in [0.4, 0.5) is 4.39 Å². The van der Waals surface area contributed by atoms with E-state index in [9.17, 15) is 4.39 Å². The number of hydrogen-bond acceptors (Lipinski definition) is 13. The van der Waals surface area contributed by atoms with Crippen LogP contribution in [0.3, 0.4) is 0 Å². The molecule has 13 nitrogen and oxygen atoms in total. The molecule has 0 unspecified atom stereocenters. The fourth-order valence-corrected chi connectivity index (χ4v) is 19.0. The van der Waals surface area contributed by atoms with Crippen LogP contribution in [-0.4, -0.2) is 59.8 Å². The molecule has 0 aliphatic rings. The molecule has 27 rings (SSSR count). The van der Waals surface area contributed by atoms with E-state index >= 15 is 0 Å². The van der Waals surface area contributed by atoms with E-state index in [1.165, 1.54) is 34.4 Å². The second kappa shape index (κ2) is 41.3. The van der Waals surface area contributed by atoms with Gasteiger partial charge in [0.15, 0.2) is 23.3 Å². The number of rotatable bonds is 15. The van der Waals surface area contributed by atoms with Crippen molar-refractivity contribution in [1.82, 2.24) is 59.8 Å². The second-order valence-corrected chi connectivity index (χ2v) is 36.1. The molecule has 0 atom stereocenters. The smallest absolute Gasteiger partial charge is 0.160 e. The SMILES string of the molecule is Fc1ccc(-c2ccc3ccc4c(-c5ccccc5)nc(-c5ccccc5)nc4c3n2)cc1.N#Cc1ccc(-c2ccc3ccc4c(-c5ccccc5)nc(-c5ccccc5)nc4c3n2)cc1.c1ccc(-c2cc(-c3ccccc3)cc(-c3ccc4ccc5c(-c6ccccc6)nc(-c6ccccc6)nc5c4n3)c2)cc1.c1ccc(-c2ccc(-c3ccc4ccc5c(-c6ccccc6)nc(-c6ccccc6)nc5c4n3)cc2)cc1. The Bertz CT molecular complexity index is 9580. The third-order valence-electron chi connectivity index (χ3n) is 26.6. The zero-order valence-corrected chi connectivity index (χ0v) is 80.3. The van der Waals surface area contributed by atoms with Crippen LogP contribution in [0.25, 0.3) is 256 Å². The normalized spacial score (nSPS) is 11.1. The lowest BCUT2D eigenvalue weighted by Gasteiger charge is -2.13. The van der Waals surface area contributed by atoms with Crippen LogP contribution in [0.2, 0.25) is 0 Å². The fourth-order valence-electron chi connectivity index (χ4n) is 19.0. The van der Waals surface area contributed by atoms with Gasteiger partial charge in [0.1, 0.15) is 27.9 Å². The van der Waals surface area contributed by atoms with Crippen molar-refractivity contribution in [2.75, 3.05) is 0 Å². The molecule has 0 aliphatic heterocycles. The quantitative estimate of drug-likeness (QED) is 0.0886. The summed E-state index contributed by atoms with van der Waals surface area (Å²) in [5.41, 5.74) is 33.4. The first-order valence-electron chi connectivity index (χ1n) is 49.3. The van der Waals surface area contributed by atoms with Gasteiger partial charge in [-0.2, -0.15) is 5.26 Å². The molecule has 0 saturated carbocycles. The molecule has 0 aliphatic carbocycles. The van der Waals surface area contributed by atoms with Crippen LogP contribution in [-0.2, 0) is 0 Å². The number of fused-ring (bicyclic) bond motifs is 12. The summed E-state index contributed by atoms with van der Waals surface area (Å²) >= 11 is 0. The van der Waals surface area contributed by atoms with Crippen LogP contribution < -0.4 is 0 Å². The van der Waals surface area contributed by atoms with E-state index < -0.39 is 0 Å². The molecule has 27 aromatic rings. The van der Waals surface area contributed by atoms with Crippen LogP contribution >= 0.6 is 0 Å².